The summed E-state index contributed by atoms with van der Waals surface area (Å²) in [4.78, 5) is 16.2. The number of aromatic nitrogens is 2. The Labute approximate surface area is 130 Å². The molecule has 2 heterocycles. The fourth-order valence-electron chi connectivity index (χ4n) is 2.53. The molecule has 120 valence electrons. The minimum atomic E-state index is 0.301. The topological polar surface area (TPSA) is 67.8 Å². The fraction of sp³-hybridized carbons (Fsp3) is 0.667. The van der Waals surface area contributed by atoms with Crippen molar-refractivity contribution in [3.05, 3.63) is 12.1 Å². The first-order valence-corrected chi connectivity index (χ1v) is 7.77. The van der Waals surface area contributed by atoms with E-state index >= 15 is 0 Å². The molecule has 1 aromatic heterocycles. The van der Waals surface area contributed by atoms with E-state index in [1.807, 2.05) is 17.0 Å². The van der Waals surface area contributed by atoms with Gasteiger partial charge in [0.2, 0.25) is 11.8 Å². The van der Waals surface area contributed by atoms with Crippen LogP contribution < -0.4 is 9.64 Å². The average molecular weight is 306 g/mol. The molecule has 1 amide bonds. The zero-order chi connectivity index (χ0) is 15.4. The molecule has 3 rings (SSSR count). The van der Waals surface area contributed by atoms with Gasteiger partial charge in [-0.05, 0) is 18.9 Å². The van der Waals surface area contributed by atoms with Gasteiger partial charge in [-0.1, -0.05) is 0 Å². The van der Waals surface area contributed by atoms with Crippen LogP contribution in [0.2, 0.25) is 0 Å². The first-order valence-electron chi connectivity index (χ1n) is 7.77. The van der Waals surface area contributed by atoms with Crippen LogP contribution in [-0.2, 0) is 9.53 Å². The molecule has 22 heavy (non-hydrogen) atoms. The molecule has 2 fully saturated rings. The Kier molecular flexibility index (Phi) is 4.72. The zero-order valence-corrected chi connectivity index (χ0v) is 12.9. The van der Waals surface area contributed by atoms with Crippen molar-refractivity contribution in [2.75, 3.05) is 51.4 Å². The molecule has 0 radical (unpaired) electrons. The summed E-state index contributed by atoms with van der Waals surface area (Å²) >= 11 is 0. The third kappa shape index (κ3) is 3.65. The molecule has 0 unspecified atom stereocenters. The lowest BCUT2D eigenvalue weighted by Gasteiger charge is -2.35. The summed E-state index contributed by atoms with van der Waals surface area (Å²) < 4.78 is 10.3. The molecule has 0 atom stereocenters. The lowest BCUT2D eigenvalue weighted by molar-refractivity contribution is -0.132. The maximum absolute atomic E-state index is 12.0. The van der Waals surface area contributed by atoms with Crippen molar-refractivity contribution >= 4 is 11.7 Å². The summed E-state index contributed by atoms with van der Waals surface area (Å²) in [5.74, 6) is 1.96. The highest BCUT2D eigenvalue weighted by molar-refractivity contribution is 5.81. The number of ether oxygens (including phenoxy) is 2. The van der Waals surface area contributed by atoms with E-state index in [1.54, 1.807) is 7.11 Å². The van der Waals surface area contributed by atoms with Crippen LogP contribution in [0.4, 0.5) is 5.82 Å². The van der Waals surface area contributed by atoms with Crippen molar-refractivity contribution in [3.63, 3.8) is 0 Å². The standard InChI is InChI=1S/C15H22N4O3/c1-21-10-11-22-14-5-4-13(16-17-14)18-6-8-19(9-7-18)15(20)12-2-3-12/h4-5,12H,2-3,6-11H2,1H3. The highest BCUT2D eigenvalue weighted by Gasteiger charge is 2.34. The minimum Gasteiger partial charge on any atom is -0.474 e. The Morgan fingerprint density at radius 1 is 1.18 bits per heavy atom. The fourth-order valence-corrected chi connectivity index (χ4v) is 2.53. The van der Waals surface area contributed by atoms with Gasteiger partial charge in [0.1, 0.15) is 6.61 Å². The molecule has 0 spiro atoms. The number of anilines is 1. The van der Waals surface area contributed by atoms with Gasteiger partial charge in [-0.25, -0.2) is 0 Å². The zero-order valence-electron chi connectivity index (χ0n) is 12.9. The van der Waals surface area contributed by atoms with Crippen LogP contribution in [0.3, 0.4) is 0 Å². The van der Waals surface area contributed by atoms with Crippen molar-refractivity contribution < 1.29 is 14.3 Å². The Morgan fingerprint density at radius 2 is 1.95 bits per heavy atom. The SMILES string of the molecule is COCCOc1ccc(N2CCN(C(=O)C3CC3)CC2)nn1. The molecule has 1 aliphatic heterocycles. The molecular formula is C15H22N4O3. The van der Waals surface area contributed by atoms with Crippen LogP contribution in [0.1, 0.15) is 12.8 Å². The second-order valence-corrected chi connectivity index (χ2v) is 5.66. The summed E-state index contributed by atoms with van der Waals surface area (Å²) in [5.41, 5.74) is 0. The molecule has 0 bridgehead atoms. The van der Waals surface area contributed by atoms with Gasteiger partial charge in [0.25, 0.3) is 0 Å². The van der Waals surface area contributed by atoms with Crippen molar-refractivity contribution in [2.45, 2.75) is 12.8 Å². The molecule has 1 saturated carbocycles. The number of nitrogens with zero attached hydrogens (tertiary/aromatic N) is 4. The summed E-state index contributed by atoms with van der Waals surface area (Å²) in [6, 6.07) is 3.73. The van der Waals surface area contributed by atoms with E-state index in [4.69, 9.17) is 9.47 Å². The molecule has 0 N–H and O–H groups in total. The van der Waals surface area contributed by atoms with Crippen molar-refractivity contribution in [2.24, 2.45) is 5.92 Å². The predicted octanol–water partition coefficient (Wildman–Crippen LogP) is 0.560. The lowest BCUT2D eigenvalue weighted by atomic mass is 10.2. The molecule has 0 aromatic carbocycles. The Morgan fingerprint density at radius 3 is 2.55 bits per heavy atom. The number of carbonyl (C=O) groups excluding carboxylic acids is 1. The van der Waals surface area contributed by atoms with Gasteiger partial charge in [0.15, 0.2) is 5.82 Å². The van der Waals surface area contributed by atoms with Crippen LogP contribution in [0.25, 0.3) is 0 Å². The van der Waals surface area contributed by atoms with E-state index in [1.165, 1.54) is 0 Å². The van der Waals surface area contributed by atoms with Crippen LogP contribution in [0.5, 0.6) is 5.88 Å². The lowest BCUT2D eigenvalue weighted by Crippen LogP contribution is -2.49. The van der Waals surface area contributed by atoms with Crippen LogP contribution in [0, 0.1) is 5.92 Å². The van der Waals surface area contributed by atoms with E-state index in [-0.39, 0.29) is 0 Å². The second kappa shape index (κ2) is 6.91. The van der Waals surface area contributed by atoms with Crippen LogP contribution in [0.15, 0.2) is 12.1 Å². The molecular weight excluding hydrogens is 284 g/mol. The summed E-state index contributed by atoms with van der Waals surface area (Å²) in [5, 5.41) is 8.27. The second-order valence-electron chi connectivity index (χ2n) is 5.66. The van der Waals surface area contributed by atoms with Gasteiger partial charge in [-0.15, -0.1) is 10.2 Å². The molecule has 7 heteroatoms. The highest BCUT2D eigenvalue weighted by Crippen LogP contribution is 2.31. The van der Waals surface area contributed by atoms with Gasteiger partial charge in [-0.3, -0.25) is 4.79 Å². The van der Waals surface area contributed by atoms with Gasteiger partial charge in [-0.2, -0.15) is 0 Å². The smallest absolute Gasteiger partial charge is 0.233 e. The van der Waals surface area contributed by atoms with Crippen molar-refractivity contribution in [1.29, 1.82) is 0 Å². The van der Waals surface area contributed by atoms with Gasteiger partial charge >= 0.3 is 0 Å². The van der Waals surface area contributed by atoms with E-state index in [0.717, 1.165) is 44.8 Å². The minimum absolute atomic E-state index is 0.301. The normalized spacial score (nSPS) is 18.4. The number of piperazine rings is 1. The molecule has 2 aliphatic rings. The predicted molar refractivity (Wildman–Crippen MR) is 80.9 cm³/mol. The maximum Gasteiger partial charge on any atom is 0.233 e. The molecule has 1 aliphatic carbocycles. The number of hydrogen-bond donors (Lipinski definition) is 0. The Bertz CT molecular complexity index is 496. The largest absolute Gasteiger partial charge is 0.474 e. The number of hydrogen-bond acceptors (Lipinski definition) is 6. The average Bonchev–Trinajstić information content (AvgIpc) is 3.40. The van der Waals surface area contributed by atoms with Crippen molar-refractivity contribution in [1.82, 2.24) is 15.1 Å². The maximum atomic E-state index is 12.0. The number of methoxy groups -OCH3 is 1. The first-order chi connectivity index (χ1) is 10.8. The van der Waals surface area contributed by atoms with E-state index in [2.05, 4.69) is 15.1 Å². The summed E-state index contributed by atoms with van der Waals surface area (Å²) in [7, 11) is 1.63. The molecule has 7 nitrogen and oxygen atoms in total. The van der Waals surface area contributed by atoms with Gasteiger partial charge in [0, 0.05) is 45.3 Å². The van der Waals surface area contributed by atoms with Gasteiger partial charge in [0.05, 0.1) is 6.61 Å². The van der Waals surface area contributed by atoms with E-state index < -0.39 is 0 Å². The third-order valence-corrected chi connectivity index (χ3v) is 4.01. The monoisotopic (exact) mass is 306 g/mol. The number of carbonyl (C=O) groups is 1. The Balaban J connectivity index is 1.49. The molecule has 1 aromatic rings. The van der Waals surface area contributed by atoms with Crippen molar-refractivity contribution in [3.8, 4) is 5.88 Å². The van der Waals surface area contributed by atoms with Crippen LogP contribution >= 0.6 is 0 Å². The number of rotatable bonds is 6. The number of amides is 1. The quantitative estimate of drug-likeness (QED) is 0.716. The summed E-state index contributed by atoms with van der Waals surface area (Å²) in [6.45, 7) is 4.13. The Hall–Kier alpha value is -1.89. The highest BCUT2D eigenvalue weighted by atomic mass is 16.5. The first kappa shape index (κ1) is 15.0. The van der Waals surface area contributed by atoms with E-state index in [0.29, 0.717) is 30.9 Å². The van der Waals surface area contributed by atoms with Crippen LogP contribution in [-0.4, -0.2) is 67.5 Å². The third-order valence-electron chi connectivity index (χ3n) is 4.01. The van der Waals surface area contributed by atoms with E-state index in [9.17, 15) is 4.79 Å². The van der Waals surface area contributed by atoms with Gasteiger partial charge < -0.3 is 19.3 Å². The molecule has 1 saturated heterocycles. The summed E-state index contributed by atoms with van der Waals surface area (Å²) in [6.07, 6.45) is 2.13.